The molecular formula is C16H14Cl2N2O2. The molecule has 0 saturated carbocycles. The molecule has 1 aromatic heterocycles. The summed E-state index contributed by atoms with van der Waals surface area (Å²) in [5, 5.41) is 3.16. The number of fused-ring (bicyclic) bond motifs is 1. The van der Waals surface area contributed by atoms with E-state index in [1.54, 1.807) is 18.3 Å². The summed E-state index contributed by atoms with van der Waals surface area (Å²) in [5.41, 5.74) is 1.05. The van der Waals surface area contributed by atoms with Gasteiger partial charge in [-0.25, -0.2) is 4.98 Å². The smallest absolute Gasteiger partial charge is 0.231 e. The number of aromatic nitrogens is 1. The van der Waals surface area contributed by atoms with Crippen molar-refractivity contribution in [3.8, 4) is 5.88 Å². The number of amides is 1. The minimum atomic E-state index is -2.39. The fourth-order valence-electron chi connectivity index (χ4n) is 2.34. The van der Waals surface area contributed by atoms with Crippen molar-refractivity contribution in [3.63, 3.8) is 0 Å². The van der Waals surface area contributed by atoms with Crippen molar-refractivity contribution in [1.29, 1.82) is 0 Å². The molecule has 0 bridgehead atoms. The number of hydrogen-bond acceptors (Lipinski definition) is 3. The highest BCUT2D eigenvalue weighted by molar-refractivity contribution is 6.35. The highest BCUT2D eigenvalue weighted by atomic mass is 35.5. The van der Waals surface area contributed by atoms with Crippen LogP contribution in [0.25, 0.3) is 0 Å². The van der Waals surface area contributed by atoms with E-state index < -0.39 is 12.8 Å². The lowest BCUT2D eigenvalue weighted by atomic mass is 10.0. The second kappa shape index (κ2) is 6.15. The van der Waals surface area contributed by atoms with Gasteiger partial charge in [0.15, 0.2) is 0 Å². The Morgan fingerprint density at radius 1 is 1.55 bits per heavy atom. The summed E-state index contributed by atoms with van der Waals surface area (Å²) >= 11 is 12.0. The van der Waals surface area contributed by atoms with E-state index in [0.717, 1.165) is 0 Å². The molecule has 22 heavy (non-hydrogen) atoms. The molecule has 0 saturated heterocycles. The van der Waals surface area contributed by atoms with Crippen LogP contribution in [0.15, 0.2) is 30.5 Å². The normalized spacial score (nSPS) is 18.6. The van der Waals surface area contributed by atoms with Crippen LogP contribution in [-0.2, 0) is 11.3 Å². The third kappa shape index (κ3) is 2.89. The molecule has 0 spiro atoms. The van der Waals surface area contributed by atoms with Gasteiger partial charge in [0.25, 0.3) is 0 Å². The van der Waals surface area contributed by atoms with Crippen LogP contribution in [0.2, 0.25) is 10.0 Å². The molecule has 3 rings (SSSR count). The molecule has 6 heteroatoms. The third-order valence-electron chi connectivity index (χ3n) is 3.48. The summed E-state index contributed by atoms with van der Waals surface area (Å²) in [4.78, 5) is 16.6. The van der Waals surface area contributed by atoms with Crippen molar-refractivity contribution in [3.05, 3.63) is 57.2 Å². The first kappa shape index (κ1) is 11.7. The molecule has 0 fully saturated rings. The molecule has 2 heterocycles. The first-order chi connectivity index (χ1) is 11.8. The Morgan fingerprint density at radius 2 is 2.41 bits per heavy atom. The van der Waals surface area contributed by atoms with Gasteiger partial charge in [-0.05, 0) is 36.2 Å². The van der Waals surface area contributed by atoms with Crippen molar-refractivity contribution in [1.82, 2.24) is 10.3 Å². The topological polar surface area (TPSA) is 51.2 Å². The van der Waals surface area contributed by atoms with Gasteiger partial charge in [-0.3, -0.25) is 4.79 Å². The molecule has 1 amide bonds. The van der Waals surface area contributed by atoms with Gasteiger partial charge in [-0.1, -0.05) is 29.3 Å². The van der Waals surface area contributed by atoms with E-state index >= 15 is 0 Å². The van der Waals surface area contributed by atoms with Crippen LogP contribution in [0.4, 0.5) is 0 Å². The number of hydrogen-bond donors (Lipinski definition) is 1. The van der Waals surface area contributed by atoms with E-state index in [1.165, 1.54) is 12.1 Å². The molecule has 1 aliphatic heterocycles. The predicted octanol–water partition coefficient (Wildman–Crippen LogP) is 3.49. The average Bonchev–Trinajstić information content (AvgIpc) is 2.96. The van der Waals surface area contributed by atoms with Gasteiger partial charge < -0.3 is 10.1 Å². The summed E-state index contributed by atoms with van der Waals surface area (Å²) in [6, 6.07) is 6.32. The second-order valence-electron chi connectivity index (χ2n) is 4.89. The minimum Gasteiger partial charge on any atom is -0.476 e. The quantitative estimate of drug-likeness (QED) is 0.931. The van der Waals surface area contributed by atoms with Gasteiger partial charge in [-0.15, -0.1) is 0 Å². The summed E-state index contributed by atoms with van der Waals surface area (Å²) in [6.07, 6.45) is 1.59. The Hall–Kier alpha value is -1.78. The lowest BCUT2D eigenvalue weighted by Crippen LogP contribution is -2.30. The van der Waals surface area contributed by atoms with E-state index in [1.807, 2.05) is 0 Å². The molecule has 0 aliphatic carbocycles. The zero-order valence-corrected chi connectivity index (χ0v) is 12.9. The first-order valence-electron chi connectivity index (χ1n) is 8.11. The van der Waals surface area contributed by atoms with Gasteiger partial charge >= 0.3 is 0 Å². The Bertz CT molecular complexity index is 828. The summed E-state index contributed by atoms with van der Waals surface area (Å²) in [6.45, 7) is -2.21. The summed E-state index contributed by atoms with van der Waals surface area (Å²) in [7, 11) is 0. The molecule has 0 unspecified atom stereocenters. The largest absolute Gasteiger partial charge is 0.476 e. The minimum absolute atomic E-state index is 0.0192. The van der Waals surface area contributed by atoms with E-state index in [2.05, 4.69) is 10.3 Å². The SMILES string of the molecule is [2H]C([2H])([2H])c1cc(Cl)cc(Cl)c1CNC(=O)[C@@H]1COc2ncccc21. The van der Waals surface area contributed by atoms with Crippen LogP contribution in [0, 0.1) is 6.85 Å². The Balaban J connectivity index is 1.80. The third-order valence-corrected chi connectivity index (χ3v) is 4.03. The number of aryl methyl sites for hydroxylation is 1. The number of benzene rings is 1. The molecule has 1 aliphatic rings. The molecule has 1 N–H and O–H groups in total. The zero-order valence-electron chi connectivity index (χ0n) is 14.4. The molecule has 114 valence electrons. The Morgan fingerprint density at radius 3 is 3.23 bits per heavy atom. The van der Waals surface area contributed by atoms with Crippen LogP contribution in [-0.4, -0.2) is 17.5 Å². The first-order valence-corrected chi connectivity index (χ1v) is 7.37. The maximum Gasteiger partial charge on any atom is 0.231 e. The number of ether oxygens (including phenoxy) is 1. The molecule has 1 atom stereocenters. The zero-order chi connectivity index (χ0) is 18.2. The van der Waals surface area contributed by atoms with Crippen LogP contribution < -0.4 is 10.1 Å². The number of nitrogens with one attached hydrogen (secondary N) is 1. The molecular weight excluding hydrogens is 323 g/mol. The average molecular weight is 340 g/mol. The Labute approximate surface area is 142 Å². The maximum atomic E-state index is 12.5. The van der Waals surface area contributed by atoms with Gasteiger partial charge in [0.05, 0.1) is 0 Å². The predicted molar refractivity (Wildman–Crippen MR) is 85.5 cm³/mol. The van der Waals surface area contributed by atoms with Crippen molar-refractivity contribution in [2.75, 3.05) is 6.61 Å². The van der Waals surface area contributed by atoms with E-state index in [9.17, 15) is 4.79 Å². The standard InChI is InChI=1S/C16H14Cl2N2O2/c1-9-5-10(17)6-14(18)12(9)7-20-15(21)13-8-22-16-11(13)3-2-4-19-16/h2-6,13H,7-8H2,1H3,(H,20,21)/t13-/m1/s1/i1D3. The van der Waals surface area contributed by atoms with E-state index in [0.29, 0.717) is 17.0 Å². The van der Waals surface area contributed by atoms with Gasteiger partial charge in [0, 0.05) is 32.5 Å². The molecule has 2 aromatic rings. The highest BCUT2D eigenvalue weighted by Crippen LogP contribution is 2.31. The maximum absolute atomic E-state index is 12.5. The van der Waals surface area contributed by atoms with Crippen molar-refractivity contribution >= 4 is 29.1 Å². The lowest BCUT2D eigenvalue weighted by molar-refractivity contribution is -0.122. The lowest BCUT2D eigenvalue weighted by Gasteiger charge is -2.13. The number of rotatable bonds is 3. The summed E-state index contributed by atoms with van der Waals surface area (Å²) in [5.74, 6) is -0.337. The highest BCUT2D eigenvalue weighted by Gasteiger charge is 2.31. The van der Waals surface area contributed by atoms with Crippen LogP contribution in [0.5, 0.6) is 5.88 Å². The molecule has 0 radical (unpaired) electrons. The van der Waals surface area contributed by atoms with Crippen molar-refractivity contribution in [2.45, 2.75) is 19.3 Å². The van der Waals surface area contributed by atoms with Crippen molar-refractivity contribution < 1.29 is 13.6 Å². The molecule has 4 nitrogen and oxygen atoms in total. The van der Waals surface area contributed by atoms with Crippen LogP contribution in [0.1, 0.15) is 26.7 Å². The van der Waals surface area contributed by atoms with Gasteiger partial charge in [-0.2, -0.15) is 0 Å². The fourth-order valence-corrected chi connectivity index (χ4v) is 2.90. The van der Waals surface area contributed by atoms with Gasteiger partial charge in [0.2, 0.25) is 11.8 Å². The van der Waals surface area contributed by atoms with Gasteiger partial charge in [0.1, 0.15) is 12.5 Å². The van der Waals surface area contributed by atoms with Crippen LogP contribution in [0.3, 0.4) is 0 Å². The number of carbonyl (C=O) groups excluding carboxylic acids is 1. The number of halogens is 2. The fraction of sp³-hybridized carbons (Fsp3) is 0.250. The van der Waals surface area contributed by atoms with Crippen LogP contribution >= 0.6 is 23.2 Å². The number of nitrogens with zero attached hydrogens (tertiary/aromatic N) is 1. The van der Waals surface area contributed by atoms with E-state index in [4.69, 9.17) is 32.1 Å². The summed E-state index contributed by atoms with van der Waals surface area (Å²) < 4.78 is 28.3. The second-order valence-corrected chi connectivity index (χ2v) is 5.74. The monoisotopic (exact) mass is 339 g/mol. The van der Waals surface area contributed by atoms with Crippen molar-refractivity contribution in [2.24, 2.45) is 0 Å². The number of pyridine rings is 1. The number of carbonyl (C=O) groups is 1. The Kier molecular flexibility index (Phi) is 3.28. The molecule has 1 aromatic carbocycles. The van der Waals surface area contributed by atoms with E-state index in [-0.39, 0.29) is 34.7 Å².